The zero-order valence-electron chi connectivity index (χ0n) is 14.3. The van der Waals surface area contributed by atoms with Crippen LogP contribution in [0.4, 0.5) is 11.8 Å². The standard InChI is InChI=1S/C18H19ClN6O/c1-11-16(12-5-3-2-4-6-12)24-17(21-11)13-10-25(7-8-26-13)15-9-14(19)22-18(20)23-15/h2-6,9,13H,7-8,10H2,1H3,(H,21,24)(H2,20,22,23). The number of anilines is 2. The Labute approximate surface area is 156 Å². The summed E-state index contributed by atoms with van der Waals surface area (Å²) >= 11 is 6.01. The van der Waals surface area contributed by atoms with Gasteiger partial charge in [0.2, 0.25) is 5.95 Å². The normalized spacial score (nSPS) is 17.5. The van der Waals surface area contributed by atoms with Crippen LogP contribution in [0.2, 0.25) is 5.15 Å². The number of nitrogens with two attached hydrogens (primary N) is 1. The van der Waals surface area contributed by atoms with Crippen LogP contribution in [0.5, 0.6) is 0 Å². The van der Waals surface area contributed by atoms with Crippen molar-refractivity contribution in [3.63, 3.8) is 0 Å². The molecule has 0 aliphatic carbocycles. The molecule has 1 aromatic carbocycles. The zero-order chi connectivity index (χ0) is 18.1. The molecule has 0 spiro atoms. The summed E-state index contributed by atoms with van der Waals surface area (Å²) in [6, 6.07) is 11.8. The third-order valence-corrected chi connectivity index (χ3v) is 4.55. The fourth-order valence-electron chi connectivity index (χ4n) is 3.13. The molecule has 1 atom stereocenters. The number of aromatic nitrogens is 4. The van der Waals surface area contributed by atoms with Gasteiger partial charge in [-0.15, -0.1) is 0 Å². The lowest BCUT2D eigenvalue weighted by Gasteiger charge is -2.32. The quantitative estimate of drug-likeness (QED) is 0.688. The lowest BCUT2D eigenvalue weighted by atomic mass is 10.1. The summed E-state index contributed by atoms with van der Waals surface area (Å²) in [7, 11) is 0. The number of rotatable bonds is 3. The molecule has 1 saturated heterocycles. The van der Waals surface area contributed by atoms with E-state index in [1.165, 1.54) is 0 Å². The van der Waals surface area contributed by atoms with Gasteiger partial charge < -0.3 is 20.4 Å². The van der Waals surface area contributed by atoms with Gasteiger partial charge in [-0.25, -0.2) is 9.97 Å². The van der Waals surface area contributed by atoms with Gasteiger partial charge in [0.15, 0.2) is 0 Å². The first-order chi connectivity index (χ1) is 12.6. The predicted molar refractivity (Wildman–Crippen MR) is 101 cm³/mol. The van der Waals surface area contributed by atoms with Gasteiger partial charge in [0, 0.05) is 12.6 Å². The van der Waals surface area contributed by atoms with Crippen molar-refractivity contribution in [3.8, 4) is 11.3 Å². The molecule has 1 aliphatic heterocycles. The topological polar surface area (TPSA) is 93.0 Å². The smallest absolute Gasteiger partial charge is 0.223 e. The first-order valence-corrected chi connectivity index (χ1v) is 8.76. The van der Waals surface area contributed by atoms with Gasteiger partial charge in [0.05, 0.1) is 24.5 Å². The number of imidazole rings is 1. The number of morpholine rings is 1. The number of aromatic amines is 1. The van der Waals surface area contributed by atoms with Crippen LogP contribution in [-0.4, -0.2) is 39.6 Å². The van der Waals surface area contributed by atoms with E-state index >= 15 is 0 Å². The number of halogens is 1. The lowest BCUT2D eigenvalue weighted by molar-refractivity contribution is 0.0343. The molecule has 0 bridgehead atoms. The molecule has 26 heavy (non-hydrogen) atoms. The molecule has 1 unspecified atom stereocenters. The Kier molecular flexibility index (Phi) is 4.48. The Balaban J connectivity index is 1.59. The number of nitrogen functional groups attached to an aromatic ring is 1. The number of nitrogens with one attached hydrogen (secondary N) is 1. The van der Waals surface area contributed by atoms with Crippen molar-refractivity contribution in [3.05, 3.63) is 53.1 Å². The molecule has 0 amide bonds. The fraction of sp³-hybridized carbons (Fsp3) is 0.278. The van der Waals surface area contributed by atoms with E-state index in [2.05, 4.69) is 37.0 Å². The number of hydrogen-bond donors (Lipinski definition) is 2. The number of ether oxygens (including phenoxy) is 1. The molecule has 7 nitrogen and oxygen atoms in total. The van der Waals surface area contributed by atoms with E-state index in [9.17, 15) is 0 Å². The van der Waals surface area contributed by atoms with Crippen LogP contribution in [-0.2, 0) is 4.74 Å². The molecular formula is C18H19ClN6O. The summed E-state index contributed by atoms with van der Waals surface area (Å²) in [5, 5.41) is 0.329. The average Bonchev–Trinajstić information content (AvgIpc) is 3.04. The Bertz CT molecular complexity index is 893. The van der Waals surface area contributed by atoms with Crippen molar-refractivity contribution in [2.45, 2.75) is 13.0 Å². The van der Waals surface area contributed by atoms with Crippen molar-refractivity contribution < 1.29 is 4.74 Å². The van der Waals surface area contributed by atoms with Crippen LogP contribution in [0.15, 0.2) is 36.4 Å². The number of aryl methyl sites for hydroxylation is 1. The number of nitrogens with zero attached hydrogens (tertiary/aromatic N) is 4. The summed E-state index contributed by atoms with van der Waals surface area (Å²) < 4.78 is 5.94. The minimum Gasteiger partial charge on any atom is -0.368 e. The summed E-state index contributed by atoms with van der Waals surface area (Å²) in [5.41, 5.74) is 8.78. The Morgan fingerprint density at radius 3 is 2.81 bits per heavy atom. The van der Waals surface area contributed by atoms with Crippen LogP contribution in [0.3, 0.4) is 0 Å². The molecule has 1 aliphatic rings. The first-order valence-electron chi connectivity index (χ1n) is 8.38. The molecule has 3 aromatic rings. The highest BCUT2D eigenvalue weighted by Crippen LogP contribution is 2.28. The molecule has 2 aromatic heterocycles. The third kappa shape index (κ3) is 3.36. The van der Waals surface area contributed by atoms with Crippen LogP contribution < -0.4 is 10.6 Å². The zero-order valence-corrected chi connectivity index (χ0v) is 15.1. The molecular weight excluding hydrogens is 352 g/mol. The molecule has 134 valence electrons. The minimum atomic E-state index is -0.185. The summed E-state index contributed by atoms with van der Waals surface area (Å²) in [6.45, 7) is 3.86. The highest BCUT2D eigenvalue weighted by atomic mass is 35.5. The highest BCUT2D eigenvalue weighted by Gasteiger charge is 2.26. The first kappa shape index (κ1) is 16.8. The summed E-state index contributed by atoms with van der Waals surface area (Å²) in [6.07, 6.45) is -0.185. The Morgan fingerprint density at radius 2 is 2.04 bits per heavy atom. The average molecular weight is 371 g/mol. The second-order valence-electron chi connectivity index (χ2n) is 6.16. The van der Waals surface area contributed by atoms with Gasteiger partial charge in [0.25, 0.3) is 0 Å². The van der Waals surface area contributed by atoms with Crippen molar-refractivity contribution in [2.24, 2.45) is 0 Å². The van der Waals surface area contributed by atoms with E-state index in [1.807, 2.05) is 25.1 Å². The molecule has 1 fully saturated rings. The van der Waals surface area contributed by atoms with Gasteiger partial charge in [0.1, 0.15) is 22.9 Å². The Morgan fingerprint density at radius 1 is 1.23 bits per heavy atom. The largest absolute Gasteiger partial charge is 0.368 e. The van der Waals surface area contributed by atoms with Crippen LogP contribution >= 0.6 is 11.6 Å². The van der Waals surface area contributed by atoms with Crippen LogP contribution in [0, 0.1) is 6.92 Å². The maximum absolute atomic E-state index is 6.01. The maximum atomic E-state index is 6.01. The van der Waals surface area contributed by atoms with E-state index in [1.54, 1.807) is 6.07 Å². The Hall–Kier alpha value is -2.64. The monoisotopic (exact) mass is 370 g/mol. The molecule has 8 heteroatoms. The fourth-order valence-corrected chi connectivity index (χ4v) is 3.31. The molecule has 3 heterocycles. The van der Waals surface area contributed by atoms with Crippen molar-refractivity contribution in [1.29, 1.82) is 0 Å². The number of H-pyrrole nitrogens is 1. The van der Waals surface area contributed by atoms with Gasteiger partial charge in [-0.05, 0) is 12.5 Å². The highest BCUT2D eigenvalue weighted by molar-refractivity contribution is 6.29. The van der Waals surface area contributed by atoms with E-state index in [0.29, 0.717) is 30.7 Å². The van der Waals surface area contributed by atoms with E-state index < -0.39 is 0 Å². The van der Waals surface area contributed by atoms with Gasteiger partial charge in [-0.1, -0.05) is 41.9 Å². The van der Waals surface area contributed by atoms with E-state index in [0.717, 1.165) is 22.8 Å². The number of hydrogen-bond acceptors (Lipinski definition) is 6. The molecule has 0 saturated carbocycles. The van der Waals surface area contributed by atoms with Gasteiger partial charge >= 0.3 is 0 Å². The second kappa shape index (κ2) is 6.93. The predicted octanol–water partition coefficient (Wildman–Crippen LogP) is 2.99. The van der Waals surface area contributed by atoms with Crippen molar-refractivity contribution in [1.82, 2.24) is 19.9 Å². The third-order valence-electron chi connectivity index (χ3n) is 4.36. The van der Waals surface area contributed by atoms with Crippen LogP contribution in [0.1, 0.15) is 17.6 Å². The molecule has 3 N–H and O–H groups in total. The maximum Gasteiger partial charge on any atom is 0.223 e. The second-order valence-corrected chi connectivity index (χ2v) is 6.55. The summed E-state index contributed by atoms with van der Waals surface area (Å²) in [4.78, 5) is 18.4. The van der Waals surface area contributed by atoms with E-state index in [-0.39, 0.29) is 12.1 Å². The van der Waals surface area contributed by atoms with Crippen molar-refractivity contribution >= 4 is 23.4 Å². The molecule has 0 radical (unpaired) electrons. The van der Waals surface area contributed by atoms with Gasteiger partial charge in [-0.3, -0.25) is 0 Å². The summed E-state index contributed by atoms with van der Waals surface area (Å²) in [5.74, 6) is 1.66. The van der Waals surface area contributed by atoms with Crippen LogP contribution in [0.25, 0.3) is 11.3 Å². The van der Waals surface area contributed by atoms with E-state index in [4.69, 9.17) is 22.1 Å². The lowest BCUT2D eigenvalue weighted by Crippen LogP contribution is -2.39. The van der Waals surface area contributed by atoms with Gasteiger partial charge in [-0.2, -0.15) is 4.98 Å². The molecule has 4 rings (SSSR count). The minimum absolute atomic E-state index is 0.163. The number of benzene rings is 1. The van der Waals surface area contributed by atoms with Crippen molar-refractivity contribution in [2.75, 3.05) is 30.3 Å². The SMILES string of the molecule is Cc1nc(C2CN(c3cc(Cl)nc(N)n3)CCO2)[nH]c1-c1ccccc1.